The fourth-order valence-corrected chi connectivity index (χ4v) is 2.28. The Morgan fingerprint density at radius 2 is 1.94 bits per heavy atom. The number of hydrogen-bond acceptors (Lipinski definition) is 3. The third-order valence-electron chi connectivity index (χ3n) is 3.33. The number of aromatic nitrogens is 1. The van der Waals surface area contributed by atoms with Crippen LogP contribution in [0.3, 0.4) is 0 Å². The van der Waals surface area contributed by atoms with Gasteiger partial charge in [-0.25, -0.2) is 0 Å². The van der Waals surface area contributed by atoms with Gasteiger partial charge < -0.3 is 10.5 Å². The van der Waals surface area contributed by atoms with Crippen LogP contribution in [-0.2, 0) is 0 Å². The van der Waals surface area contributed by atoms with Gasteiger partial charge in [0.25, 0.3) is 0 Å². The molecule has 1 heterocycles. The summed E-state index contributed by atoms with van der Waals surface area (Å²) in [5, 5.41) is 0. The second-order valence-electron chi connectivity index (χ2n) is 4.94. The Labute approximate surface area is 103 Å². The van der Waals surface area contributed by atoms with E-state index in [0.717, 1.165) is 11.4 Å². The van der Waals surface area contributed by atoms with Gasteiger partial charge in [-0.3, -0.25) is 4.98 Å². The van der Waals surface area contributed by atoms with Crippen LogP contribution in [0.1, 0.15) is 57.2 Å². The van der Waals surface area contributed by atoms with E-state index < -0.39 is 0 Å². The zero-order valence-corrected chi connectivity index (χ0v) is 10.6. The Kier molecular flexibility index (Phi) is 4.37. The molecule has 1 atom stereocenters. The summed E-state index contributed by atoms with van der Waals surface area (Å²) in [7, 11) is 0. The highest BCUT2D eigenvalue weighted by molar-refractivity contribution is 5.21. The molecule has 1 aliphatic carbocycles. The van der Waals surface area contributed by atoms with Crippen molar-refractivity contribution in [2.75, 3.05) is 0 Å². The number of rotatable bonds is 3. The molecule has 0 radical (unpaired) electrons. The van der Waals surface area contributed by atoms with Gasteiger partial charge in [0.1, 0.15) is 5.75 Å². The van der Waals surface area contributed by atoms with Crippen molar-refractivity contribution in [3.8, 4) is 5.75 Å². The molecular weight excluding hydrogens is 212 g/mol. The van der Waals surface area contributed by atoms with Gasteiger partial charge in [-0.15, -0.1) is 0 Å². The van der Waals surface area contributed by atoms with Gasteiger partial charge in [0.05, 0.1) is 18.0 Å². The average Bonchev–Trinajstić information content (AvgIpc) is 2.58. The summed E-state index contributed by atoms with van der Waals surface area (Å²) in [6.07, 6.45) is 9.80. The van der Waals surface area contributed by atoms with E-state index in [2.05, 4.69) is 4.98 Å². The van der Waals surface area contributed by atoms with Crippen molar-refractivity contribution in [2.24, 2.45) is 5.73 Å². The average molecular weight is 234 g/mol. The maximum Gasteiger partial charge on any atom is 0.138 e. The quantitative estimate of drug-likeness (QED) is 0.817. The van der Waals surface area contributed by atoms with Crippen LogP contribution in [0.4, 0.5) is 0 Å². The van der Waals surface area contributed by atoms with E-state index >= 15 is 0 Å². The van der Waals surface area contributed by atoms with E-state index in [9.17, 15) is 0 Å². The molecule has 1 aromatic rings. The topological polar surface area (TPSA) is 48.1 Å². The van der Waals surface area contributed by atoms with Crippen molar-refractivity contribution >= 4 is 0 Å². The molecule has 94 valence electrons. The van der Waals surface area contributed by atoms with Crippen molar-refractivity contribution in [3.05, 3.63) is 24.0 Å². The van der Waals surface area contributed by atoms with Gasteiger partial charge in [0.15, 0.2) is 0 Å². The summed E-state index contributed by atoms with van der Waals surface area (Å²) in [6.45, 7) is 1.94. The molecule has 2 rings (SSSR count). The fraction of sp³-hybridized carbons (Fsp3) is 0.643. The first kappa shape index (κ1) is 12.4. The third kappa shape index (κ3) is 3.70. The van der Waals surface area contributed by atoms with Gasteiger partial charge in [-0.2, -0.15) is 0 Å². The van der Waals surface area contributed by atoms with Crippen molar-refractivity contribution in [2.45, 2.75) is 57.6 Å². The molecule has 1 fully saturated rings. The van der Waals surface area contributed by atoms with Crippen LogP contribution in [0.15, 0.2) is 18.3 Å². The van der Waals surface area contributed by atoms with Crippen LogP contribution in [0, 0.1) is 0 Å². The molecule has 0 amide bonds. The second kappa shape index (κ2) is 6.01. The Hall–Kier alpha value is -1.09. The molecule has 1 saturated carbocycles. The van der Waals surface area contributed by atoms with E-state index in [1.165, 1.54) is 38.5 Å². The lowest BCUT2D eigenvalue weighted by atomic mass is 10.1. The molecule has 0 aromatic carbocycles. The molecule has 1 aromatic heterocycles. The molecule has 0 unspecified atom stereocenters. The Morgan fingerprint density at radius 1 is 1.24 bits per heavy atom. The fourth-order valence-electron chi connectivity index (χ4n) is 2.28. The highest BCUT2D eigenvalue weighted by Crippen LogP contribution is 2.22. The first-order valence-electron chi connectivity index (χ1n) is 6.64. The highest BCUT2D eigenvalue weighted by atomic mass is 16.5. The summed E-state index contributed by atoms with van der Waals surface area (Å²) in [4.78, 5) is 4.32. The van der Waals surface area contributed by atoms with Crippen molar-refractivity contribution in [1.82, 2.24) is 4.98 Å². The molecule has 0 bridgehead atoms. The lowest BCUT2D eigenvalue weighted by molar-refractivity contribution is 0.183. The molecule has 3 heteroatoms. The summed E-state index contributed by atoms with van der Waals surface area (Å²) in [5.41, 5.74) is 6.68. The van der Waals surface area contributed by atoms with Gasteiger partial charge >= 0.3 is 0 Å². The standard InChI is InChI=1S/C14H22N2O/c1-11(15)14-9-8-13(10-16-14)17-12-6-4-2-3-5-7-12/h8-12H,2-7,15H2,1H3/t11-/m0/s1. The number of pyridine rings is 1. The Balaban J connectivity index is 1.93. The smallest absolute Gasteiger partial charge is 0.138 e. The van der Waals surface area contributed by atoms with E-state index in [1.54, 1.807) is 6.20 Å². The van der Waals surface area contributed by atoms with Crippen molar-refractivity contribution < 1.29 is 4.74 Å². The third-order valence-corrected chi connectivity index (χ3v) is 3.33. The largest absolute Gasteiger partial charge is 0.489 e. The van der Waals surface area contributed by atoms with Crippen LogP contribution < -0.4 is 10.5 Å². The van der Waals surface area contributed by atoms with Crippen LogP contribution in [0.2, 0.25) is 0 Å². The van der Waals surface area contributed by atoms with E-state index in [4.69, 9.17) is 10.5 Å². The summed E-state index contributed by atoms with van der Waals surface area (Å²) < 4.78 is 5.97. The van der Waals surface area contributed by atoms with E-state index in [0.29, 0.717) is 6.10 Å². The van der Waals surface area contributed by atoms with Crippen molar-refractivity contribution in [3.63, 3.8) is 0 Å². The van der Waals surface area contributed by atoms with Crippen LogP contribution in [0.5, 0.6) is 5.75 Å². The minimum absolute atomic E-state index is 0.0121. The normalized spacial score (nSPS) is 19.6. The number of nitrogens with zero attached hydrogens (tertiary/aromatic N) is 1. The summed E-state index contributed by atoms with van der Waals surface area (Å²) in [6, 6.07) is 3.93. The molecule has 17 heavy (non-hydrogen) atoms. The monoisotopic (exact) mass is 234 g/mol. The van der Waals surface area contributed by atoms with Gasteiger partial charge in [-0.05, 0) is 44.7 Å². The van der Waals surface area contributed by atoms with Gasteiger partial charge in [-0.1, -0.05) is 12.8 Å². The Bertz CT molecular complexity index is 327. The molecular formula is C14H22N2O. The number of ether oxygens (including phenoxy) is 1. The number of hydrogen-bond donors (Lipinski definition) is 1. The summed E-state index contributed by atoms with van der Waals surface area (Å²) >= 11 is 0. The first-order valence-corrected chi connectivity index (χ1v) is 6.64. The molecule has 2 N–H and O–H groups in total. The minimum Gasteiger partial charge on any atom is -0.489 e. The molecule has 0 aliphatic heterocycles. The molecule has 0 saturated heterocycles. The molecule has 3 nitrogen and oxygen atoms in total. The zero-order chi connectivity index (χ0) is 12.1. The van der Waals surface area contributed by atoms with E-state index in [-0.39, 0.29) is 6.04 Å². The van der Waals surface area contributed by atoms with Crippen LogP contribution in [0.25, 0.3) is 0 Å². The maximum absolute atomic E-state index is 5.97. The summed E-state index contributed by atoms with van der Waals surface area (Å²) in [5.74, 6) is 0.876. The molecule has 1 aliphatic rings. The zero-order valence-electron chi connectivity index (χ0n) is 10.6. The lowest BCUT2D eigenvalue weighted by Crippen LogP contribution is -2.15. The SMILES string of the molecule is C[C@H](N)c1ccc(OC2CCCCCC2)cn1. The van der Waals surface area contributed by atoms with Crippen LogP contribution in [-0.4, -0.2) is 11.1 Å². The predicted molar refractivity (Wildman–Crippen MR) is 69.0 cm³/mol. The lowest BCUT2D eigenvalue weighted by Gasteiger charge is -2.17. The predicted octanol–water partition coefficient (Wildman–Crippen LogP) is 3.20. The first-order chi connectivity index (χ1) is 8.25. The van der Waals surface area contributed by atoms with E-state index in [1.807, 2.05) is 19.1 Å². The highest BCUT2D eigenvalue weighted by Gasteiger charge is 2.13. The maximum atomic E-state index is 5.97. The van der Waals surface area contributed by atoms with Crippen LogP contribution >= 0.6 is 0 Å². The van der Waals surface area contributed by atoms with Gasteiger partial charge in [0, 0.05) is 6.04 Å². The van der Waals surface area contributed by atoms with Gasteiger partial charge in [0.2, 0.25) is 0 Å². The van der Waals surface area contributed by atoms with Crippen molar-refractivity contribution in [1.29, 1.82) is 0 Å². The Morgan fingerprint density at radius 3 is 2.47 bits per heavy atom. The number of nitrogens with two attached hydrogens (primary N) is 1. The second-order valence-corrected chi connectivity index (χ2v) is 4.94. The minimum atomic E-state index is -0.0121. The molecule has 0 spiro atoms.